The molecule has 0 spiro atoms. The summed E-state index contributed by atoms with van der Waals surface area (Å²) in [7, 11) is 1.70. The van der Waals surface area contributed by atoms with E-state index < -0.39 is 0 Å². The first kappa shape index (κ1) is 13.9. The molecular formula is C12H21N3O2S. The molecule has 1 atom stereocenters. The summed E-state index contributed by atoms with van der Waals surface area (Å²) in [5, 5.41) is 13.8. The molecule has 0 radical (unpaired) electrons. The minimum Gasteiger partial charge on any atom is -0.383 e. The van der Waals surface area contributed by atoms with Crippen molar-refractivity contribution in [3.8, 4) is 0 Å². The Morgan fingerprint density at radius 2 is 2.33 bits per heavy atom. The highest BCUT2D eigenvalue weighted by molar-refractivity contribution is 7.11. The summed E-state index contributed by atoms with van der Waals surface area (Å²) in [4.78, 5) is 0. The molecule has 1 unspecified atom stereocenters. The Morgan fingerprint density at radius 1 is 1.44 bits per heavy atom. The maximum atomic E-state index is 5.60. The van der Waals surface area contributed by atoms with Crippen molar-refractivity contribution in [1.29, 1.82) is 0 Å². The zero-order chi connectivity index (χ0) is 12.6. The molecule has 1 aromatic heterocycles. The van der Waals surface area contributed by atoms with Gasteiger partial charge in [-0.25, -0.2) is 0 Å². The molecule has 1 aliphatic rings. The smallest absolute Gasteiger partial charge is 0.131 e. The van der Waals surface area contributed by atoms with Gasteiger partial charge >= 0.3 is 0 Å². The Labute approximate surface area is 112 Å². The molecule has 0 aliphatic carbocycles. The van der Waals surface area contributed by atoms with Gasteiger partial charge in [0.2, 0.25) is 0 Å². The minimum atomic E-state index is 0.442. The molecule has 1 aliphatic heterocycles. The van der Waals surface area contributed by atoms with Crippen LogP contribution in [0.5, 0.6) is 0 Å². The highest BCUT2D eigenvalue weighted by Gasteiger charge is 2.16. The monoisotopic (exact) mass is 271 g/mol. The molecule has 1 aromatic rings. The molecule has 0 bridgehead atoms. The van der Waals surface area contributed by atoms with E-state index in [1.807, 2.05) is 0 Å². The van der Waals surface area contributed by atoms with Gasteiger partial charge < -0.3 is 14.8 Å². The van der Waals surface area contributed by atoms with Gasteiger partial charge in [0, 0.05) is 33.2 Å². The lowest BCUT2D eigenvalue weighted by Gasteiger charge is -2.06. The molecule has 6 heteroatoms. The summed E-state index contributed by atoms with van der Waals surface area (Å²) in [6, 6.07) is 0. The number of nitrogens with zero attached hydrogens (tertiary/aromatic N) is 2. The normalized spacial score (nSPS) is 19.5. The largest absolute Gasteiger partial charge is 0.383 e. The van der Waals surface area contributed by atoms with Crippen LogP contribution < -0.4 is 5.32 Å². The Kier molecular flexibility index (Phi) is 5.99. The fraction of sp³-hybridized carbons (Fsp3) is 0.833. The molecule has 2 rings (SSSR count). The van der Waals surface area contributed by atoms with E-state index >= 15 is 0 Å². The molecule has 18 heavy (non-hydrogen) atoms. The van der Waals surface area contributed by atoms with Crippen molar-refractivity contribution in [3.63, 3.8) is 0 Å². The molecule has 1 N–H and O–H groups in total. The van der Waals surface area contributed by atoms with Gasteiger partial charge in [-0.05, 0) is 19.3 Å². The maximum absolute atomic E-state index is 5.60. The van der Waals surface area contributed by atoms with E-state index in [-0.39, 0.29) is 0 Å². The van der Waals surface area contributed by atoms with Crippen molar-refractivity contribution in [1.82, 2.24) is 15.5 Å². The van der Waals surface area contributed by atoms with E-state index in [1.165, 1.54) is 12.8 Å². The Balaban J connectivity index is 1.65. The lowest BCUT2D eigenvalue weighted by Crippen LogP contribution is -2.18. The van der Waals surface area contributed by atoms with Crippen LogP contribution in [0.25, 0.3) is 0 Å². The van der Waals surface area contributed by atoms with Crippen LogP contribution in [0.1, 0.15) is 29.3 Å². The highest BCUT2D eigenvalue weighted by Crippen LogP contribution is 2.19. The van der Waals surface area contributed by atoms with Gasteiger partial charge in [0.25, 0.3) is 0 Å². The minimum absolute atomic E-state index is 0.442. The molecule has 0 saturated carbocycles. The number of nitrogens with one attached hydrogen (secondary N) is 1. The van der Waals surface area contributed by atoms with Crippen LogP contribution in [0.15, 0.2) is 0 Å². The number of methoxy groups -OCH3 is 1. The molecule has 1 fully saturated rings. The topological polar surface area (TPSA) is 56.3 Å². The number of rotatable bonds is 8. The van der Waals surface area contributed by atoms with Crippen LogP contribution in [0.2, 0.25) is 0 Å². The van der Waals surface area contributed by atoms with E-state index in [4.69, 9.17) is 9.47 Å². The van der Waals surface area contributed by atoms with Crippen molar-refractivity contribution in [2.75, 3.05) is 26.9 Å². The predicted octanol–water partition coefficient (Wildman–Crippen LogP) is 1.39. The van der Waals surface area contributed by atoms with Crippen molar-refractivity contribution < 1.29 is 9.47 Å². The lowest BCUT2D eigenvalue weighted by molar-refractivity contribution is 0.104. The fourth-order valence-electron chi connectivity index (χ4n) is 1.99. The Hall–Kier alpha value is -0.560. The molecule has 102 valence electrons. The van der Waals surface area contributed by atoms with Gasteiger partial charge in [0.15, 0.2) is 0 Å². The SMILES string of the molecule is COCCNCc1nnc(CCC2CCCO2)s1. The molecule has 5 nitrogen and oxygen atoms in total. The van der Waals surface area contributed by atoms with Crippen molar-refractivity contribution in [2.45, 2.75) is 38.3 Å². The summed E-state index contributed by atoms with van der Waals surface area (Å²) < 4.78 is 10.6. The third kappa shape index (κ3) is 4.61. The number of hydrogen-bond acceptors (Lipinski definition) is 6. The lowest BCUT2D eigenvalue weighted by atomic mass is 10.1. The van der Waals surface area contributed by atoms with E-state index in [2.05, 4.69) is 15.5 Å². The first-order valence-electron chi connectivity index (χ1n) is 6.51. The van der Waals surface area contributed by atoms with Crippen LogP contribution >= 0.6 is 11.3 Å². The van der Waals surface area contributed by atoms with Gasteiger partial charge in [-0.1, -0.05) is 0 Å². The Bertz CT molecular complexity index is 340. The van der Waals surface area contributed by atoms with Gasteiger partial charge in [-0.3, -0.25) is 0 Å². The zero-order valence-corrected chi connectivity index (χ0v) is 11.7. The van der Waals surface area contributed by atoms with Crippen LogP contribution in [-0.4, -0.2) is 43.2 Å². The molecule has 0 aromatic carbocycles. The second-order valence-corrected chi connectivity index (χ2v) is 5.58. The van der Waals surface area contributed by atoms with Crippen molar-refractivity contribution in [3.05, 3.63) is 10.0 Å². The summed E-state index contributed by atoms with van der Waals surface area (Å²) in [5.74, 6) is 0. The van der Waals surface area contributed by atoms with Crippen LogP contribution in [0.3, 0.4) is 0 Å². The second kappa shape index (κ2) is 7.78. The van der Waals surface area contributed by atoms with Crippen LogP contribution in [0, 0.1) is 0 Å². The van der Waals surface area contributed by atoms with E-state index in [1.54, 1.807) is 18.4 Å². The second-order valence-electron chi connectivity index (χ2n) is 4.43. The molecule has 0 amide bonds. The maximum Gasteiger partial charge on any atom is 0.131 e. The standard InChI is InChI=1S/C12H21N3O2S/c1-16-8-6-13-9-12-15-14-11(18-12)5-4-10-3-2-7-17-10/h10,13H,2-9H2,1H3. The quantitative estimate of drug-likeness (QED) is 0.724. The van der Waals surface area contributed by atoms with Crippen molar-refractivity contribution in [2.24, 2.45) is 0 Å². The average molecular weight is 271 g/mol. The van der Waals surface area contributed by atoms with Gasteiger partial charge in [0.05, 0.1) is 12.7 Å². The number of ether oxygens (including phenoxy) is 2. The first-order valence-corrected chi connectivity index (χ1v) is 7.32. The molecular weight excluding hydrogens is 250 g/mol. The highest BCUT2D eigenvalue weighted by atomic mass is 32.1. The summed E-state index contributed by atoms with van der Waals surface area (Å²) in [6.45, 7) is 3.28. The average Bonchev–Trinajstić information content (AvgIpc) is 3.03. The summed E-state index contributed by atoms with van der Waals surface area (Å²) in [6.07, 6.45) is 4.91. The molecule has 2 heterocycles. The molecule has 1 saturated heterocycles. The van der Waals surface area contributed by atoms with Gasteiger partial charge in [-0.2, -0.15) is 0 Å². The van der Waals surface area contributed by atoms with E-state index in [0.29, 0.717) is 6.10 Å². The first-order chi connectivity index (χ1) is 8.88. The van der Waals surface area contributed by atoms with Crippen molar-refractivity contribution >= 4 is 11.3 Å². The van der Waals surface area contributed by atoms with Gasteiger partial charge in [0.1, 0.15) is 10.0 Å². The number of aryl methyl sites for hydroxylation is 1. The predicted molar refractivity (Wildman–Crippen MR) is 70.8 cm³/mol. The van der Waals surface area contributed by atoms with Gasteiger partial charge in [-0.15, -0.1) is 21.5 Å². The fourth-order valence-corrected chi connectivity index (χ4v) is 2.82. The van der Waals surface area contributed by atoms with Crippen LogP contribution in [0.4, 0.5) is 0 Å². The Morgan fingerprint density at radius 3 is 3.11 bits per heavy atom. The summed E-state index contributed by atoms with van der Waals surface area (Å²) in [5.41, 5.74) is 0. The third-order valence-corrected chi connectivity index (χ3v) is 3.96. The number of aromatic nitrogens is 2. The van der Waals surface area contributed by atoms with E-state index in [0.717, 1.165) is 49.2 Å². The zero-order valence-electron chi connectivity index (χ0n) is 10.9. The summed E-state index contributed by atoms with van der Waals surface area (Å²) >= 11 is 1.69. The van der Waals surface area contributed by atoms with Crippen LogP contribution in [-0.2, 0) is 22.4 Å². The third-order valence-electron chi connectivity index (χ3n) is 2.97. The number of hydrogen-bond donors (Lipinski definition) is 1. The van der Waals surface area contributed by atoms with E-state index in [9.17, 15) is 0 Å².